The van der Waals surface area contributed by atoms with Crippen molar-refractivity contribution in [2.75, 3.05) is 13.2 Å². The van der Waals surface area contributed by atoms with E-state index in [1.54, 1.807) is 0 Å². The summed E-state index contributed by atoms with van der Waals surface area (Å²) < 4.78 is 9.65. The fraction of sp³-hybridized carbons (Fsp3) is 1.00. The molecule has 9 heavy (non-hydrogen) atoms. The normalized spacial score (nSPS) is 26.3. The Morgan fingerprint density at radius 3 is 2.11 bits per heavy atom. The Kier molecular flexibility index (Phi) is 1.79. The lowest BCUT2D eigenvalue weighted by atomic mass is 9.93. The molecule has 4 heteroatoms. The number of hydrogen-bond acceptors (Lipinski definition) is 3. The highest BCUT2D eigenvalue weighted by Crippen LogP contribution is 2.20. The van der Waals surface area contributed by atoms with Crippen LogP contribution < -0.4 is 0 Å². The molecule has 0 aliphatic carbocycles. The van der Waals surface area contributed by atoms with Crippen molar-refractivity contribution >= 4 is 7.32 Å². The summed E-state index contributed by atoms with van der Waals surface area (Å²) in [4.78, 5) is 0. The van der Waals surface area contributed by atoms with E-state index in [1.165, 1.54) is 0 Å². The van der Waals surface area contributed by atoms with E-state index in [2.05, 4.69) is 0 Å². The van der Waals surface area contributed by atoms with Crippen LogP contribution in [0.15, 0.2) is 0 Å². The molecule has 0 saturated carbocycles. The Hall–Kier alpha value is -0.0551. The Morgan fingerprint density at radius 1 is 1.33 bits per heavy atom. The third kappa shape index (κ3) is 1.97. The largest absolute Gasteiger partial charge is 0.636 e. The van der Waals surface area contributed by atoms with Gasteiger partial charge in [0.25, 0.3) is 0 Å². The fourth-order valence-electron chi connectivity index (χ4n) is 0.684. The van der Waals surface area contributed by atoms with Crippen molar-refractivity contribution in [3.8, 4) is 0 Å². The lowest BCUT2D eigenvalue weighted by molar-refractivity contribution is -0.00347. The van der Waals surface area contributed by atoms with Crippen molar-refractivity contribution in [2.24, 2.45) is 5.41 Å². The van der Waals surface area contributed by atoms with E-state index >= 15 is 0 Å². The molecule has 1 rings (SSSR count). The van der Waals surface area contributed by atoms with Crippen LogP contribution in [0.25, 0.3) is 0 Å². The van der Waals surface area contributed by atoms with Gasteiger partial charge in [0, 0.05) is 18.6 Å². The minimum absolute atomic E-state index is 0.0548. The van der Waals surface area contributed by atoms with Gasteiger partial charge in [0.05, 0.1) is 0 Å². The van der Waals surface area contributed by atoms with Gasteiger partial charge in [-0.25, -0.2) is 0 Å². The van der Waals surface area contributed by atoms with Crippen LogP contribution in [0.2, 0.25) is 0 Å². The molecule has 1 aliphatic heterocycles. The molecule has 0 aromatic rings. The van der Waals surface area contributed by atoms with E-state index in [9.17, 15) is 0 Å². The van der Waals surface area contributed by atoms with Crippen LogP contribution in [-0.2, 0) is 9.31 Å². The molecule has 3 nitrogen and oxygen atoms in total. The first-order valence-electron chi connectivity index (χ1n) is 3.01. The molecule has 1 heterocycles. The zero-order valence-corrected chi connectivity index (χ0v) is 5.76. The number of hydrogen-bond donors (Lipinski definition) is 1. The van der Waals surface area contributed by atoms with Crippen LogP contribution in [0.3, 0.4) is 0 Å². The molecule has 1 fully saturated rings. The van der Waals surface area contributed by atoms with E-state index in [0.717, 1.165) is 0 Å². The van der Waals surface area contributed by atoms with Crippen LogP contribution in [0, 0.1) is 5.41 Å². The van der Waals surface area contributed by atoms with Crippen molar-refractivity contribution in [3.05, 3.63) is 0 Å². The molecule has 1 aliphatic rings. The van der Waals surface area contributed by atoms with Gasteiger partial charge in [0.15, 0.2) is 0 Å². The lowest BCUT2D eigenvalue weighted by Gasteiger charge is -2.30. The maximum atomic E-state index is 8.70. The third-order valence-corrected chi connectivity index (χ3v) is 1.23. The van der Waals surface area contributed by atoms with E-state index in [1.807, 2.05) is 13.8 Å². The quantitative estimate of drug-likeness (QED) is 0.470. The van der Waals surface area contributed by atoms with Crippen molar-refractivity contribution in [3.63, 3.8) is 0 Å². The highest BCUT2D eigenvalue weighted by Gasteiger charge is 2.31. The summed E-state index contributed by atoms with van der Waals surface area (Å²) in [6, 6.07) is 0. The first-order valence-corrected chi connectivity index (χ1v) is 3.01. The molecule has 0 amide bonds. The molecule has 0 aromatic heterocycles. The Labute approximate surface area is 55.1 Å². The molecular weight excluding hydrogens is 119 g/mol. The first-order chi connectivity index (χ1) is 4.10. The zero-order chi connectivity index (χ0) is 6.91. The highest BCUT2D eigenvalue weighted by atomic mass is 16.7. The second-order valence-electron chi connectivity index (χ2n) is 3.09. The van der Waals surface area contributed by atoms with Crippen molar-refractivity contribution in [2.45, 2.75) is 13.8 Å². The predicted octanol–water partition coefficient (Wildman–Crippen LogP) is 0.0366. The van der Waals surface area contributed by atoms with Crippen LogP contribution in [0.4, 0.5) is 0 Å². The smallest absolute Gasteiger partial charge is 0.402 e. The lowest BCUT2D eigenvalue weighted by Crippen LogP contribution is -2.40. The SMILES string of the molecule is CC1(C)COB(O)OC1. The molecular formula is C5H11BO3. The molecule has 0 unspecified atom stereocenters. The van der Waals surface area contributed by atoms with E-state index in [-0.39, 0.29) is 5.41 Å². The fourth-order valence-corrected chi connectivity index (χ4v) is 0.684. The standard InChI is InChI=1S/C5H11BO3/c1-5(2)3-8-6(7)9-4-5/h7H,3-4H2,1-2H3. The van der Waals surface area contributed by atoms with Gasteiger partial charge in [-0.05, 0) is 0 Å². The zero-order valence-electron chi connectivity index (χ0n) is 5.76. The topological polar surface area (TPSA) is 38.7 Å². The third-order valence-electron chi connectivity index (χ3n) is 1.23. The minimum atomic E-state index is -1.00. The predicted molar refractivity (Wildman–Crippen MR) is 33.7 cm³/mol. The monoisotopic (exact) mass is 130 g/mol. The summed E-state index contributed by atoms with van der Waals surface area (Å²) in [6.07, 6.45) is 0. The molecule has 52 valence electrons. The van der Waals surface area contributed by atoms with Gasteiger partial charge in [0.1, 0.15) is 0 Å². The van der Waals surface area contributed by atoms with Crippen LogP contribution >= 0.6 is 0 Å². The summed E-state index contributed by atoms with van der Waals surface area (Å²) in [5.41, 5.74) is 0.0548. The van der Waals surface area contributed by atoms with E-state index < -0.39 is 7.32 Å². The molecule has 0 atom stereocenters. The summed E-state index contributed by atoms with van der Waals surface area (Å²) in [6.45, 7) is 5.18. The summed E-state index contributed by atoms with van der Waals surface area (Å²) in [7, 11) is -1.00. The Morgan fingerprint density at radius 2 is 1.78 bits per heavy atom. The maximum absolute atomic E-state index is 8.70. The second kappa shape index (κ2) is 2.29. The van der Waals surface area contributed by atoms with Gasteiger partial charge in [0.2, 0.25) is 0 Å². The summed E-state index contributed by atoms with van der Waals surface area (Å²) in [5, 5.41) is 8.70. The van der Waals surface area contributed by atoms with Gasteiger partial charge in [-0.1, -0.05) is 13.8 Å². The number of rotatable bonds is 0. The first kappa shape index (κ1) is 7.06. The van der Waals surface area contributed by atoms with Gasteiger partial charge < -0.3 is 14.3 Å². The average molecular weight is 130 g/mol. The summed E-state index contributed by atoms with van der Waals surface area (Å²) >= 11 is 0. The molecule has 1 saturated heterocycles. The maximum Gasteiger partial charge on any atom is 0.636 e. The van der Waals surface area contributed by atoms with Crippen molar-refractivity contribution < 1.29 is 14.3 Å². The van der Waals surface area contributed by atoms with Gasteiger partial charge >= 0.3 is 7.32 Å². The average Bonchev–Trinajstić information content (AvgIpc) is 1.78. The van der Waals surface area contributed by atoms with Gasteiger partial charge in [-0.2, -0.15) is 0 Å². The van der Waals surface area contributed by atoms with Crippen molar-refractivity contribution in [1.82, 2.24) is 0 Å². The van der Waals surface area contributed by atoms with Crippen LogP contribution in [-0.4, -0.2) is 25.6 Å². The summed E-state index contributed by atoms with van der Waals surface area (Å²) in [5.74, 6) is 0. The van der Waals surface area contributed by atoms with Crippen molar-refractivity contribution in [1.29, 1.82) is 0 Å². The van der Waals surface area contributed by atoms with Gasteiger partial charge in [-0.3, -0.25) is 0 Å². The molecule has 0 bridgehead atoms. The van der Waals surface area contributed by atoms with Gasteiger partial charge in [-0.15, -0.1) is 0 Å². The van der Waals surface area contributed by atoms with Crippen LogP contribution in [0.1, 0.15) is 13.8 Å². The Balaban J connectivity index is 2.35. The van der Waals surface area contributed by atoms with E-state index in [0.29, 0.717) is 13.2 Å². The molecule has 0 radical (unpaired) electrons. The Bertz CT molecular complexity index is 94.4. The molecule has 0 aromatic carbocycles. The van der Waals surface area contributed by atoms with E-state index in [4.69, 9.17) is 14.3 Å². The molecule has 0 spiro atoms. The minimum Gasteiger partial charge on any atom is -0.402 e. The van der Waals surface area contributed by atoms with Crippen LogP contribution in [0.5, 0.6) is 0 Å². The second-order valence-corrected chi connectivity index (χ2v) is 3.09. The highest BCUT2D eigenvalue weighted by molar-refractivity contribution is 6.34. The molecule has 1 N–H and O–H groups in total.